The first-order valence-corrected chi connectivity index (χ1v) is 13.2. The molecule has 1 aromatic rings. The fourth-order valence-corrected chi connectivity index (χ4v) is 6.11. The molecule has 0 aliphatic carbocycles. The van der Waals surface area contributed by atoms with Crippen LogP contribution < -0.4 is 11.2 Å². The van der Waals surface area contributed by atoms with Crippen LogP contribution in [0, 0.1) is 17.7 Å². The minimum Gasteiger partial charge on any atom is -0.386 e. The number of hydrogen-bond acceptors (Lipinski definition) is 11. The van der Waals surface area contributed by atoms with Crippen LogP contribution in [0.5, 0.6) is 0 Å². The molecule has 2 heterocycles. The van der Waals surface area contributed by atoms with Gasteiger partial charge in [-0.1, -0.05) is 5.92 Å². The Labute approximate surface area is 188 Å². The molecule has 1 fully saturated rings. The number of halogens is 1. The van der Waals surface area contributed by atoms with E-state index in [4.69, 9.17) is 14.5 Å². The van der Waals surface area contributed by atoms with Gasteiger partial charge in [0, 0.05) is 0 Å². The molecule has 192 valence electrons. The van der Waals surface area contributed by atoms with Crippen molar-refractivity contribution in [2.75, 3.05) is 0 Å². The van der Waals surface area contributed by atoms with Gasteiger partial charge in [0.25, 0.3) is 5.56 Å². The van der Waals surface area contributed by atoms with Crippen molar-refractivity contribution in [1.29, 1.82) is 0 Å². The molecular formula is C13H18FN2O15P3. The van der Waals surface area contributed by atoms with Gasteiger partial charge in [-0.05, 0) is 13.8 Å². The van der Waals surface area contributed by atoms with Gasteiger partial charge in [-0.2, -0.15) is 13.0 Å². The standard InChI is InChI=1S/C13H18FN2O15P3/c1-3-4-13(20)9(17)8(28-11(13)16-5-7(14)10(18)15-12(16)19)6(2)29-33(24,25)31-34(26,27)30-32(21,22)23/h5-6,8-9,11,17,20H,1-2H3,(H,24,25)(H,26,27)(H,15,18,19)(H2,21,22,23)/t6-,8-,9+,11-,13?/m1/s1. The summed E-state index contributed by atoms with van der Waals surface area (Å²) in [5.74, 6) is 2.90. The fraction of sp³-hybridized carbons (Fsp3) is 0.538. The number of rotatable bonds is 8. The van der Waals surface area contributed by atoms with Crippen molar-refractivity contribution in [1.82, 2.24) is 9.55 Å². The lowest BCUT2D eigenvalue weighted by atomic mass is 9.93. The summed E-state index contributed by atoms with van der Waals surface area (Å²) in [6.07, 6.45) is -7.50. The van der Waals surface area contributed by atoms with Crippen LogP contribution in [0.2, 0.25) is 0 Å². The average molecular weight is 554 g/mol. The first-order valence-electron chi connectivity index (χ1n) is 8.65. The minimum absolute atomic E-state index is 0.335. The molecular weight excluding hydrogens is 536 g/mol. The number of aliphatic hydroxyl groups excluding tert-OH is 1. The van der Waals surface area contributed by atoms with E-state index in [1.807, 2.05) is 0 Å². The van der Waals surface area contributed by atoms with E-state index in [1.54, 1.807) is 4.98 Å². The number of aliphatic hydroxyl groups is 2. The second-order valence-corrected chi connectivity index (χ2v) is 11.0. The molecule has 1 aliphatic rings. The number of phosphoric ester groups is 1. The summed E-state index contributed by atoms with van der Waals surface area (Å²) < 4.78 is 65.2. The third kappa shape index (κ3) is 6.56. The van der Waals surface area contributed by atoms with Crippen molar-refractivity contribution in [2.45, 2.75) is 44.0 Å². The number of hydrogen-bond donors (Lipinski definition) is 7. The molecule has 7 N–H and O–H groups in total. The third-order valence-corrected chi connectivity index (χ3v) is 8.03. The fourth-order valence-electron chi connectivity index (χ4n) is 2.91. The highest BCUT2D eigenvalue weighted by Gasteiger charge is 2.58. The highest BCUT2D eigenvalue weighted by molar-refractivity contribution is 7.66. The highest BCUT2D eigenvalue weighted by atomic mass is 31.3. The highest BCUT2D eigenvalue weighted by Crippen LogP contribution is 2.66. The topological polar surface area (TPSA) is 264 Å². The van der Waals surface area contributed by atoms with Crippen LogP contribution in [0.4, 0.5) is 4.39 Å². The van der Waals surface area contributed by atoms with Gasteiger partial charge in [0.1, 0.15) is 12.2 Å². The van der Waals surface area contributed by atoms with Gasteiger partial charge in [0.2, 0.25) is 5.82 Å². The SMILES string of the molecule is CC#CC1(O)[C@@H](O)[C@@H]([C@@H](C)OP(=O)(O)OP(=O)(O)OP(=O)(O)O)O[C@H]1n1cc(F)c(=O)[nH]c1=O. The molecule has 2 rings (SSSR count). The Balaban J connectivity index is 2.36. The molecule has 1 saturated heterocycles. The van der Waals surface area contributed by atoms with Gasteiger partial charge in [0.15, 0.2) is 11.8 Å². The summed E-state index contributed by atoms with van der Waals surface area (Å²) in [5.41, 5.74) is -5.37. The van der Waals surface area contributed by atoms with Crippen molar-refractivity contribution >= 4 is 23.5 Å². The molecule has 0 saturated carbocycles. The van der Waals surface area contributed by atoms with E-state index in [2.05, 4.69) is 25.0 Å². The van der Waals surface area contributed by atoms with Crippen LogP contribution in [0.15, 0.2) is 15.8 Å². The zero-order valence-corrected chi connectivity index (χ0v) is 19.6. The molecule has 1 aliphatic heterocycles. The van der Waals surface area contributed by atoms with Gasteiger partial charge in [-0.25, -0.2) is 18.5 Å². The first-order chi connectivity index (χ1) is 15.3. The summed E-state index contributed by atoms with van der Waals surface area (Å²) in [4.78, 5) is 60.9. The lowest BCUT2D eigenvalue weighted by Crippen LogP contribution is -2.49. The van der Waals surface area contributed by atoms with E-state index < -0.39 is 70.7 Å². The van der Waals surface area contributed by atoms with Crippen LogP contribution in [0.1, 0.15) is 20.1 Å². The Morgan fingerprint density at radius 3 is 2.32 bits per heavy atom. The molecule has 34 heavy (non-hydrogen) atoms. The minimum atomic E-state index is -5.85. The van der Waals surface area contributed by atoms with Crippen molar-refractivity contribution in [3.8, 4) is 11.8 Å². The summed E-state index contributed by atoms with van der Waals surface area (Å²) in [7, 11) is -17.2. The molecule has 0 bridgehead atoms. The molecule has 0 spiro atoms. The Morgan fingerprint density at radius 1 is 1.21 bits per heavy atom. The number of phosphoric acid groups is 3. The Morgan fingerprint density at radius 2 is 1.79 bits per heavy atom. The molecule has 7 atom stereocenters. The molecule has 3 unspecified atom stereocenters. The summed E-state index contributed by atoms with van der Waals surface area (Å²) >= 11 is 0. The van der Waals surface area contributed by atoms with Crippen LogP contribution in [-0.4, -0.2) is 63.3 Å². The molecule has 0 amide bonds. The summed E-state index contributed by atoms with van der Waals surface area (Å²) in [6, 6.07) is 0. The predicted octanol–water partition coefficient (Wildman–Crippen LogP) is -1.58. The molecule has 17 nitrogen and oxygen atoms in total. The predicted molar refractivity (Wildman–Crippen MR) is 104 cm³/mol. The lowest BCUT2D eigenvalue weighted by molar-refractivity contribution is -0.0873. The average Bonchev–Trinajstić information content (AvgIpc) is 2.86. The Hall–Kier alpha value is -1.54. The van der Waals surface area contributed by atoms with Crippen LogP contribution in [0.3, 0.4) is 0 Å². The van der Waals surface area contributed by atoms with Gasteiger partial charge in [-0.3, -0.25) is 18.9 Å². The van der Waals surface area contributed by atoms with Crippen LogP contribution >= 0.6 is 23.5 Å². The maximum absolute atomic E-state index is 13.7. The van der Waals surface area contributed by atoms with Gasteiger partial charge in [0.05, 0.1) is 12.3 Å². The van der Waals surface area contributed by atoms with Crippen LogP contribution in [0.25, 0.3) is 0 Å². The second-order valence-electron chi connectivity index (χ2n) is 6.64. The van der Waals surface area contributed by atoms with Gasteiger partial charge >= 0.3 is 29.2 Å². The van der Waals surface area contributed by atoms with Crippen molar-refractivity contribution in [3.05, 3.63) is 32.9 Å². The monoisotopic (exact) mass is 554 g/mol. The van der Waals surface area contributed by atoms with Gasteiger partial charge in [-0.15, -0.1) is 5.92 Å². The molecule has 21 heteroatoms. The van der Waals surface area contributed by atoms with Gasteiger partial charge < -0.3 is 34.5 Å². The van der Waals surface area contributed by atoms with Crippen molar-refractivity contribution in [2.24, 2.45) is 0 Å². The number of aromatic amines is 1. The molecule has 0 aromatic carbocycles. The number of nitrogens with one attached hydrogen (secondary N) is 1. The van der Waals surface area contributed by atoms with E-state index in [1.165, 1.54) is 6.92 Å². The van der Waals surface area contributed by atoms with E-state index in [-0.39, 0.29) is 0 Å². The summed E-state index contributed by atoms with van der Waals surface area (Å²) in [6.45, 7) is 2.13. The van der Waals surface area contributed by atoms with E-state index in [9.17, 15) is 47.7 Å². The lowest BCUT2D eigenvalue weighted by Gasteiger charge is -2.27. The van der Waals surface area contributed by atoms with E-state index >= 15 is 0 Å². The molecule has 1 aromatic heterocycles. The maximum atomic E-state index is 13.7. The number of H-pyrrole nitrogens is 1. The normalized spacial score (nSPS) is 29.5. The smallest absolute Gasteiger partial charge is 0.386 e. The zero-order valence-electron chi connectivity index (χ0n) is 16.9. The van der Waals surface area contributed by atoms with Crippen molar-refractivity contribution < 1.29 is 65.8 Å². The second kappa shape index (κ2) is 9.84. The third-order valence-electron chi connectivity index (χ3n) is 4.10. The number of aromatic nitrogens is 2. The Kier molecular flexibility index (Phi) is 8.31. The van der Waals surface area contributed by atoms with E-state index in [0.717, 1.165) is 6.92 Å². The Bertz CT molecular complexity index is 1260. The summed E-state index contributed by atoms with van der Waals surface area (Å²) in [5, 5.41) is 21.4. The van der Waals surface area contributed by atoms with E-state index in [0.29, 0.717) is 10.8 Å². The van der Waals surface area contributed by atoms with Crippen molar-refractivity contribution in [3.63, 3.8) is 0 Å². The number of ether oxygens (including phenoxy) is 1. The zero-order chi connectivity index (χ0) is 26.3. The van der Waals surface area contributed by atoms with Crippen LogP contribution in [-0.2, 0) is 31.6 Å². The maximum Gasteiger partial charge on any atom is 0.490 e. The molecule has 0 radical (unpaired) electrons. The largest absolute Gasteiger partial charge is 0.490 e. The quantitative estimate of drug-likeness (QED) is 0.141. The first kappa shape index (κ1) is 28.7. The number of nitrogens with zero attached hydrogens (tertiary/aromatic N) is 1.